The molecule has 3 aromatic rings. The van der Waals surface area contributed by atoms with Crippen molar-refractivity contribution in [3.8, 4) is 16.9 Å². The zero-order chi connectivity index (χ0) is 23.9. The first-order valence-corrected chi connectivity index (χ1v) is 12.2. The van der Waals surface area contributed by atoms with E-state index in [4.69, 9.17) is 9.47 Å². The SMILES string of the molecule is CCOC(=O)c1c(-c2ccccc2)csc1NC(=O)CN1CCN(c2ccccc2OC)CC1. The summed E-state index contributed by atoms with van der Waals surface area (Å²) in [4.78, 5) is 30.0. The molecule has 0 saturated carbocycles. The average molecular weight is 480 g/mol. The maximum Gasteiger partial charge on any atom is 0.341 e. The van der Waals surface area contributed by atoms with E-state index in [2.05, 4.69) is 21.2 Å². The number of rotatable bonds is 8. The Balaban J connectivity index is 1.41. The summed E-state index contributed by atoms with van der Waals surface area (Å²) >= 11 is 1.34. The molecule has 1 saturated heterocycles. The molecule has 8 heteroatoms. The second-order valence-electron chi connectivity index (χ2n) is 7.92. The van der Waals surface area contributed by atoms with Crippen LogP contribution in [-0.4, -0.2) is 63.2 Å². The van der Waals surface area contributed by atoms with E-state index in [1.807, 2.05) is 53.9 Å². The third-order valence-corrected chi connectivity index (χ3v) is 6.67. The Hall–Kier alpha value is -3.36. The second-order valence-corrected chi connectivity index (χ2v) is 8.80. The Morgan fingerprint density at radius 3 is 2.41 bits per heavy atom. The fourth-order valence-electron chi connectivity index (χ4n) is 4.09. The molecule has 34 heavy (non-hydrogen) atoms. The third kappa shape index (κ3) is 5.40. The molecule has 0 aliphatic carbocycles. The van der Waals surface area contributed by atoms with Crippen LogP contribution in [0.25, 0.3) is 11.1 Å². The van der Waals surface area contributed by atoms with E-state index >= 15 is 0 Å². The Bertz CT molecular complexity index is 1120. The van der Waals surface area contributed by atoms with Gasteiger partial charge in [0, 0.05) is 37.1 Å². The number of hydrogen-bond donors (Lipinski definition) is 1. The van der Waals surface area contributed by atoms with Gasteiger partial charge in [0.2, 0.25) is 5.91 Å². The largest absolute Gasteiger partial charge is 0.495 e. The van der Waals surface area contributed by atoms with Crippen LogP contribution in [-0.2, 0) is 9.53 Å². The molecule has 1 fully saturated rings. The summed E-state index contributed by atoms with van der Waals surface area (Å²) in [7, 11) is 1.68. The number of para-hydroxylation sites is 2. The van der Waals surface area contributed by atoms with E-state index in [0.29, 0.717) is 10.6 Å². The van der Waals surface area contributed by atoms with Crippen molar-refractivity contribution in [3.63, 3.8) is 0 Å². The number of benzene rings is 2. The van der Waals surface area contributed by atoms with Crippen molar-refractivity contribution in [1.29, 1.82) is 0 Å². The van der Waals surface area contributed by atoms with Crippen molar-refractivity contribution in [2.24, 2.45) is 0 Å². The lowest BCUT2D eigenvalue weighted by molar-refractivity contribution is -0.117. The van der Waals surface area contributed by atoms with E-state index in [1.54, 1.807) is 14.0 Å². The minimum atomic E-state index is -0.427. The van der Waals surface area contributed by atoms with Gasteiger partial charge in [0.25, 0.3) is 0 Å². The Morgan fingerprint density at radius 1 is 1.00 bits per heavy atom. The Morgan fingerprint density at radius 2 is 1.71 bits per heavy atom. The number of thiophene rings is 1. The fourth-order valence-corrected chi connectivity index (χ4v) is 5.07. The smallest absolute Gasteiger partial charge is 0.341 e. The lowest BCUT2D eigenvalue weighted by Gasteiger charge is -2.36. The van der Waals surface area contributed by atoms with Crippen molar-refractivity contribution < 1.29 is 19.1 Å². The molecule has 0 unspecified atom stereocenters. The predicted octanol–water partition coefficient (Wildman–Crippen LogP) is 4.36. The molecule has 1 aliphatic heterocycles. The van der Waals surface area contributed by atoms with Crippen molar-refractivity contribution in [1.82, 2.24) is 4.90 Å². The monoisotopic (exact) mass is 479 g/mol. The summed E-state index contributed by atoms with van der Waals surface area (Å²) in [5.41, 5.74) is 3.16. The topological polar surface area (TPSA) is 71.1 Å². The Kier molecular flexibility index (Phi) is 7.82. The lowest BCUT2D eigenvalue weighted by Crippen LogP contribution is -2.48. The number of hydrogen-bond acceptors (Lipinski definition) is 7. The molecule has 0 bridgehead atoms. The minimum absolute atomic E-state index is 0.141. The number of esters is 1. The molecule has 2 heterocycles. The van der Waals surface area contributed by atoms with E-state index in [1.165, 1.54) is 11.3 Å². The van der Waals surface area contributed by atoms with Gasteiger partial charge in [0.05, 0.1) is 25.9 Å². The van der Waals surface area contributed by atoms with Gasteiger partial charge < -0.3 is 19.7 Å². The minimum Gasteiger partial charge on any atom is -0.495 e. The van der Waals surface area contributed by atoms with Crippen molar-refractivity contribution in [2.45, 2.75) is 6.92 Å². The van der Waals surface area contributed by atoms with Crippen LogP contribution in [0, 0.1) is 0 Å². The number of piperazine rings is 1. The Labute approximate surface area is 203 Å². The van der Waals surface area contributed by atoms with Crippen LogP contribution in [0.5, 0.6) is 5.75 Å². The van der Waals surface area contributed by atoms with Gasteiger partial charge in [-0.25, -0.2) is 4.79 Å². The quantitative estimate of drug-likeness (QED) is 0.484. The van der Waals surface area contributed by atoms with Crippen LogP contribution >= 0.6 is 11.3 Å². The molecule has 0 atom stereocenters. The van der Waals surface area contributed by atoms with Gasteiger partial charge in [-0.05, 0) is 24.6 Å². The first-order chi connectivity index (χ1) is 16.6. The normalized spacial score (nSPS) is 14.0. The maximum absolute atomic E-state index is 12.9. The van der Waals surface area contributed by atoms with E-state index in [0.717, 1.165) is 48.7 Å². The van der Waals surface area contributed by atoms with Crippen molar-refractivity contribution >= 4 is 33.9 Å². The molecular weight excluding hydrogens is 450 g/mol. The van der Waals surface area contributed by atoms with Crippen LogP contribution in [0.1, 0.15) is 17.3 Å². The standard InChI is InChI=1S/C26H29N3O4S/c1-3-33-26(31)24-20(19-9-5-4-6-10-19)18-34-25(24)27-23(30)17-28-13-15-29(16-14-28)21-11-7-8-12-22(21)32-2/h4-12,18H,3,13-17H2,1-2H3,(H,27,30). The maximum atomic E-state index is 12.9. The highest BCUT2D eigenvalue weighted by molar-refractivity contribution is 7.15. The highest BCUT2D eigenvalue weighted by Gasteiger charge is 2.25. The number of anilines is 2. The number of ether oxygens (including phenoxy) is 2. The number of carbonyl (C=O) groups excluding carboxylic acids is 2. The second kappa shape index (κ2) is 11.2. The van der Waals surface area contributed by atoms with Gasteiger partial charge in [0.15, 0.2) is 0 Å². The van der Waals surface area contributed by atoms with Gasteiger partial charge in [-0.15, -0.1) is 11.3 Å². The van der Waals surface area contributed by atoms with E-state index in [9.17, 15) is 9.59 Å². The summed E-state index contributed by atoms with van der Waals surface area (Å²) < 4.78 is 10.8. The van der Waals surface area contributed by atoms with Gasteiger partial charge in [-0.2, -0.15) is 0 Å². The first kappa shape index (κ1) is 23.8. The molecule has 1 aromatic heterocycles. The highest BCUT2D eigenvalue weighted by Crippen LogP contribution is 2.36. The molecule has 1 aliphatic rings. The molecule has 7 nitrogen and oxygen atoms in total. The fraction of sp³-hybridized carbons (Fsp3) is 0.308. The lowest BCUT2D eigenvalue weighted by atomic mass is 10.0. The summed E-state index contributed by atoms with van der Waals surface area (Å²) in [6.07, 6.45) is 0. The zero-order valence-electron chi connectivity index (χ0n) is 19.5. The van der Waals surface area contributed by atoms with Crippen LogP contribution in [0.3, 0.4) is 0 Å². The van der Waals surface area contributed by atoms with Crippen molar-refractivity contribution in [2.75, 3.05) is 56.7 Å². The number of amides is 1. The molecule has 2 aromatic carbocycles. The summed E-state index contributed by atoms with van der Waals surface area (Å²) in [5, 5.41) is 5.37. The molecule has 0 spiro atoms. The molecular formula is C26H29N3O4S. The van der Waals surface area contributed by atoms with Crippen LogP contribution in [0.4, 0.5) is 10.7 Å². The third-order valence-electron chi connectivity index (χ3n) is 5.77. The number of carbonyl (C=O) groups is 2. The summed E-state index contributed by atoms with van der Waals surface area (Å²) in [5.74, 6) is 0.285. The molecule has 4 rings (SSSR count). The molecule has 1 amide bonds. The zero-order valence-corrected chi connectivity index (χ0v) is 20.3. The number of methoxy groups -OCH3 is 1. The molecule has 1 N–H and O–H groups in total. The van der Waals surface area contributed by atoms with Gasteiger partial charge >= 0.3 is 5.97 Å². The van der Waals surface area contributed by atoms with Gasteiger partial charge in [-0.1, -0.05) is 42.5 Å². The first-order valence-electron chi connectivity index (χ1n) is 11.3. The van der Waals surface area contributed by atoms with Crippen LogP contribution in [0.15, 0.2) is 60.0 Å². The number of nitrogens with zero attached hydrogens (tertiary/aromatic N) is 2. The van der Waals surface area contributed by atoms with E-state index in [-0.39, 0.29) is 19.1 Å². The highest BCUT2D eigenvalue weighted by atomic mass is 32.1. The predicted molar refractivity (Wildman–Crippen MR) is 136 cm³/mol. The molecule has 0 radical (unpaired) electrons. The number of nitrogens with one attached hydrogen (secondary N) is 1. The van der Waals surface area contributed by atoms with Crippen LogP contribution < -0.4 is 15.0 Å². The van der Waals surface area contributed by atoms with Gasteiger partial charge in [0.1, 0.15) is 16.3 Å². The summed E-state index contributed by atoms with van der Waals surface area (Å²) in [6, 6.07) is 17.6. The van der Waals surface area contributed by atoms with Crippen LogP contribution in [0.2, 0.25) is 0 Å². The van der Waals surface area contributed by atoms with E-state index < -0.39 is 5.97 Å². The van der Waals surface area contributed by atoms with Crippen molar-refractivity contribution in [3.05, 3.63) is 65.5 Å². The van der Waals surface area contributed by atoms with Gasteiger partial charge in [-0.3, -0.25) is 9.69 Å². The average Bonchev–Trinajstić information content (AvgIpc) is 3.28. The summed E-state index contributed by atoms with van der Waals surface area (Å²) in [6.45, 7) is 5.44. The molecule has 178 valence electrons.